The molecular formula is C15H23N3O3. The van der Waals surface area contributed by atoms with E-state index in [1.54, 1.807) is 13.2 Å². The topological polar surface area (TPSA) is 72.5 Å². The SMILES string of the molecule is CCCNc1cccc(C(=O)NCC2(OC)CCOC2)n1. The molecule has 116 valence electrons. The van der Waals surface area contributed by atoms with Gasteiger partial charge in [0.2, 0.25) is 0 Å². The predicted octanol–water partition coefficient (Wildman–Crippen LogP) is 1.44. The second-order valence-electron chi connectivity index (χ2n) is 5.21. The van der Waals surface area contributed by atoms with Crippen molar-refractivity contribution in [2.24, 2.45) is 0 Å². The minimum Gasteiger partial charge on any atom is -0.378 e. The van der Waals surface area contributed by atoms with Gasteiger partial charge in [0.15, 0.2) is 0 Å². The molecule has 1 aliphatic heterocycles. The van der Waals surface area contributed by atoms with Crippen LogP contribution in [0.2, 0.25) is 0 Å². The molecule has 0 saturated carbocycles. The van der Waals surface area contributed by atoms with Crippen molar-refractivity contribution in [3.05, 3.63) is 23.9 Å². The third-order valence-electron chi connectivity index (χ3n) is 3.61. The summed E-state index contributed by atoms with van der Waals surface area (Å²) in [6.07, 6.45) is 1.80. The molecule has 6 heteroatoms. The number of ether oxygens (including phenoxy) is 2. The van der Waals surface area contributed by atoms with Crippen LogP contribution < -0.4 is 10.6 Å². The van der Waals surface area contributed by atoms with Gasteiger partial charge in [0.25, 0.3) is 5.91 Å². The van der Waals surface area contributed by atoms with E-state index < -0.39 is 5.60 Å². The summed E-state index contributed by atoms with van der Waals surface area (Å²) in [5, 5.41) is 6.05. The average molecular weight is 293 g/mol. The highest BCUT2D eigenvalue weighted by atomic mass is 16.5. The lowest BCUT2D eigenvalue weighted by Crippen LogP contribution is -2.45. The monoisotopic (exact) mass is 293 g/mol. The number of aromatic nitrogens is 1. The third kappa shape index (κ3) is 4.15. The summed E-state index contributed by atoms with van der Waals surface area (Å²) >= 11 is 0. The Kier molecular flexibility index (Phi) is 5.52. The fraction of sp³-hybridized carbons (Fsp3) is 0.600. The van der Waals surface area contributed by atoms with Gasteiger partial charge in [-0.15, -0.1) is 0 Å². The van der Waals surface area contributed by atoms with E-state index >= 15 is 0 Å². The maximum Gasteiger partial charge on any atom is 0.270 e. The molecule has 0 spiro atoms. The Morgan fingerprint density at radius 1 is 1.52 bits per heavy atom. The first-order valence-electron chi connectivity index (χ1n) is 7.31. The molecule has 6 nitrogen and oxygen atoms in total. The first kappa shape index (κ1) is 15.7. The maximum absolute atomic E-state index is 12.2. The van der Waals surface area contributed by atoms with Gasteiger partial charge >= 0.3 is 0 Å². The van der Waals surface area contributed by atoms with E-state index in [2.05, 4.69) is 22.5 Å². The van der Waals surface area contributed by atoms with Crippen LogP contribution in [0, 0.1) is 0 Å². The zero-order valence-corrected chi connectivity index (χ0v) is 12.6. The van der Waals surface area contributed by atoms with E-state index in [-0.39, 0.29) is 5.91 Å². The summed E-state index contributed by atoms with van der Waals surface area (Å²) in [5.74, 6) is 0.522. The van der Waals surface area contributed by atoms with Crippen molar-refractivity contribution in [2.45, 2.75) is 25.4 Å². The minimum absolute atomic E-state index is 0.196. The van der Waals surface area contributed by atoms with Crippen LogP contribution in [-0.4, -0.2) is 49.9 Å². The van der Waals surface area contributed by atoms with Crippen LogP contribution in [0.4, 0.5) is 5.82 Å². The van der Waals surface area contributed by atoms with Gasteiger partial charge in [0, 0.05) is 33.2 Å². The Morgan fingerprint density at radius 2 is 2.38 bits per heavy atom. The van der Waals surface area contributed by atoms with Crippen molar-refractivity contribution in [3.63, 3.8) is 0 Å². The quantitative estimate of drug-likeness (QED) is 0.796. The smallest absolute Gasteiger partial charge is 0.270 e. The molecule has 1 amide bonds. The molecule has 0 bridgehead atoms. The number of rotatable bonds is 7. The normalized spacial score (nSPS) is 21.2. The second kappa shape index (κ2) is 7.38. The Bertz CT molecular complexity index is 473. The molecule has 1 aromatic rings. The maximum atomic E-state index is 12.2. The summed E-state index contributed by atoms with van der Waals surface area (Å²) < 4.78 is 10.8. The summed E-state index contributed by atoms with van der Waals surface area (Å²) in [7, 11) is 1.65. The Balaban J connectivity index is 1.93. The zero-order valence-electron chi connectivity index (χ0n) is 12.6. The number of amides is 1. The lowest BCUT2D eigenvalue weighted by atomic mass is 10.0. The molecule has 2 heterocycles. The summed E-state index contributed by atoms with van der Waals surface area (Å²) in [6, 6.07) is 5.38. The number of hydrogen-bond acceptors (Lipinski definition) is 5. The van der Waals surface area contributed by atoms with E-state index in [0.717, 1.165) is 25.2 Å². The molecule has 2 N–H and O–H groups in total. The number of hydrogen-bond donors (Lipinski definition) is 2. The van der Waals surface area contributed by atoms with Crippen molar-refractivity contribution in [3.8, 4) is 0 Å². The van der Waals surface area contributed by atoms with Gasteiger partial charge in [-0.1, -0.05) is 13.0 Å². The van der Waals surface area contributed by atoms with Gasteiger partial charge in [0.05, 0.1) is 6.61 Å². The molecule has 1 aromatic heterocycles. The van der Waals surface area contributed by atoms with Crippen molar-refractivity contribution < 1.29 is 14.3 Å². The fourth-order valence-corrected chi connectivity index (χ4v) is 2.21. The highest BCUT2D eigenvalue weighted by Crippen LogP contribution is 2.21. The van der Waals surface area contributed by atoms with Crippen LogP contribution in [0.5, 0.6) is 0 Å². The number of carbonyl (C=O) groups is 1. The average Bonchev–Trinajstić information content (AvgIpc) is 3.00. The van der Waals surface area contributed by atoms with Crippen LogP contribution in [-0.2, 0) is 9.47 Å². The zero-order chi connectivity index (χ0) is 15.1. The number of nitrogens with zero attached hydrogens (tertiary/aromatic N) is 1. The lowest BCUT2D eigenvalue weighted by Gasteiger charge is -2.25. The Hall–Kier alpha value is -1.66. The first-order valence-corrected chi connectivity index (χ1v) is 7.31. The van der Waals surface area contributed by atoms with Gasteiger partial charge in [-0.2, -0.15) is 0 Å². The molecule has 1 saturated heterocycles. The van der Waals surface area contributed by atoms with E-state index in [1.165, 1.54) is 0 Å². The lowest BCUT2D eigenvalue weighted by molar-refractivity contribution is -0.0149. The number of carbonyl (C=O) groups excluding carboxylic acids is 1. The highest BCUT2D eigenvalue weighted by molar-refractivity contribution is 5.92. The third-order valence-corrected chi connectivity index (χ3v) is 3.61. The van der Waals surface area contributed by atoms with Crippen LogP contribution >= 0.6 is 0 Å². The van der Waals surface area contributed by atoms with Crippen molar-refractivity contribution >= 4 is 11.7 Å². The van der Waals surface area contributed by atoms with Crippen LogP contribution in [0.3, 0.4) is 0 Å². The van der Waals surface area contributed by atoms with Gasteiger partial charge < -0.3 is 20.1 Å². The summed E-state index contributed by atoms with van der Waals surface area (Å²) in [6.45, 7) is 4.52. The number of pyridine rings is 1. The number of methoxy groups -OCH3 is 1. The summed E-state index contributed by atoms with van der Waals surface area (Å²) in [5.41, 5.74) is -0.00504. The molecule has 0 radical (unpaired) electrons. The molecule has 1 aliphatic rings. The van der Waals surface area contributed by atoms with Gasteiger partial charge in [-0.05, 0) is 18.6 Å². The molecule has 1 fully saturated rings. The van der Waals surface area contributed by atoms with E-state index in [0.29, 0.717) is 25.5 Å². The predicted molar refractivity (Wildman–Crippen MR) is 80.5 cm³/mol. The van der Waals surface area contributed by atoms with Crippen LogP contribution in [0.25, 0.3) is 0 Å². The molecule has 1 unspecified atom stereocenters. The number of anilines is 1. The van der Waals surface area contributed by atoms with Gasteiger partial charge in [0.1, 0.15) is 17.1 Å². The molecule has 0 aliphatic carbocycles. The number of nitrogens with one attached hydrogen (secondary N) is 2. The molecule has 21 heavy (non-hydrogen) atoms. The molecule has 1 atom stereocenters. The standard InChI is InChI=1S/C15H23N3O3/c1-3-8-16-13-6-4-5-12(18-13)14(19)17-10-15(20-2)7-9-21-11-15/h4-6H,3,7-11H2,1-2H3,(H,16,18)(H,17,19). The molecule has 0 aromatic carbocycles. The first-order chi connectivity index (χ1) is 10.2. The fourth-order valence-electron chi connectivity index (χ4n) is 2.21. The minimum atomic E-state index is -0.409. The second-order valence-corrected chi connectivity index (χ2v) is 5.21. The van der Waals surface area contributed by atoms with Crippen LogP contribution in [0.1, 0.15) is 30.3 Å². The van der Waals surface area contributed by atoms with E-state index in [4.69, 9.17) is 9.47 Å². The largest absolute Gasteiger partial charge is 0.378 e. The van der Waals surface area contributed by atoms with E-state index in [9.17, 15) is 4.79 Å². The molecule has 2 rings (SSSR count). The summed E-state index contributed by atoms with van der Waals surface area (Å²) in [4.78, 5) is 16.5. The van der Waals surface area contributed by atoms with Crippen LogP contribution in [0.15, 0.2) is 18.2 Å². The van der Waals surface area contributed by atoms with Crippen molar-refractivity contribution in [1.29, 1.82) is 0 Å². The molecular weight excluding hydrogens is 270 g/mol. The Morgan fingerprint density at radius 3 is 3.05 bits per heavy atom. The van der Waals surface area contributed by atoms with Crippen molar-refractivity contribution in [2.75, 3.05) is 38.7 Å². The highest BCUT2D eigenvalue weighted by Gasteiger charge is 2.35. The van der Waals surface area contributed by atoms with E-state index in [1.807, 2.05) is 12.1 Å². The van der Waals surface area contributed by atoms with Gasteiger partial charge in [-0.25, -0.2) is 4.98 Å². The van der Waals surface area contributed by atoms with Crippen molar-refractivity contribution in [1.82, 2.24) is 10.3 Å². The Labute approximate surface area is 125 Å². The van der Waals surface area contributed by atoms with Gasteiger partial charge in [-0.3, -0.25) is 4.79 Å².